The van der Waals surface area contributed by atoms with Gasteiger partial charge in [-0.2, -0.15) is 15.0 Å². The lowest BCUT2D eigenvalue weighted by Gasteiger charge is -2.24. The summed E-state index contributed by atoms with van der Waals surface area (Å²) in [7, 11) is 0. The summed E-state index contributed by atoms with van der Waals surface area (Å²) in [5, 5.41) is 17.9. The van der Waals surface area contributed by atoms with Gasteiger partial charge in [0.1, 0.15) is 0 Å². The van der Waals surface area contributed by atoms with Gasteiger partial charge in [0.2, 0.25) is 0 Å². The summed E-state index contributed by atoms with van der Waals surface area (Å²) in [6.45, 7) is 4.66. The van der Waals surface area contributed by atoms with Crippen LogP contribution in [0, 0.1) is 0 Å². The van der Waals surface area contributed by atoms with Crippen molar-refractivity contribution in [3.05, 3.63) is 42.2 Å². The third-order valence-electron chi connectivity index (χ3n) is 3.34. The molecule has 1 amide bonds. The minimum absolute atomic E-state index is 0.127. The molecule has 1 atom stereocenters. The molecule has 1 aromatic heterocycles. The molecule has 1 N–H and O–H groups in total. The molecule has 1 heterocycles. The number of carbonyl (C=O) groups excluding carboxylic acids is 1. The molecule has 1 aromatic carbocycles. The number of para-hydroxylation sites is 1. The predicted octanol–water partition coefficient (Wildman–Crippen LogP) is 1.50. The number of hydrogen-bond donors (Lipinski definition) is 1. The average Bonchev–Trinajstić information content (AvgIpc) is 3.06. The Hall–Kier alpha value is -2.21. The van der Waals surface area contributed by atoms with Crippen molar-refractivity contribution >= 4 is 5.91 Å². The quantitative estimate of drug-likeness (QED) is 0.874. The van der Waals surface area contributed by atoms with Crippen LogP contribution in [0.2, 0.25) is 0 Å². The molecule has 1 unspecified atom stereocenters. The standard InChI is InChI=1S/C15H20N4O2/c1-3-12(20)11-18(4-2)15(21)13-7-5-6-8-14(13)19-16-9-10-17-19/h5-10,12,20H,3-4,11H2,1-2H3. The minimum Gasteiger partial charge on any atom is -0.391 e. The highest BCUT2D eigenvalue weighted by atomic mass is 16.3. The summed E-state index contributed by atoms with van der Waals surface area (Å²) in [4.78, 5) is 15.8. The van der Waals surface area contributed by atoms with Gasteiger partial charge in [-0.05, 0) is 25.5 Å². The maximum Gasteiger partial charge on any atom is 0.256 e. The largest absolute Gasteiger partial charge is 0.391 e. The van der Waals surface area contributed by atoms with Gasteiger partial charge in [-0.3, -0.25) is 4.79 Å². The SMILES string of the molecule is CCC(O)CN(CC)C(=O)c1ccccc1-n1nccn1. The molecule has 112 valence electrons. The number of likely N-dealkylation sites (N-methyl/N-ethyl adjacent to an activating group) is 1. The fraction of sp³-hybridized carbons (Fsp3) is 0.400. The number of rotatable bonds is 6. The number of aromatic nitrogens is 3. The van der Waals surface area contributed by atoms with E-state index in [9.17, 15) is 9.90 Å². The van der Waals surface area contributed by atoms with Crippen LogP contribution in [-0.4, -0.2) is 50.1 Å². The van der Waals surface area contributed by atoms with E-state index in [4.69, 9.17) is 0 Å². The molecular weight excluding hydrogens is 268 g/mol. The van der Waals surface area contributed by atoms with Gasteiger partial charge in [-0.25, -0.2) is 0 Å². The molecule has 6 heteroatoms. The van der Waals surface area contributed by atoms with Gasteiger partial charge in [0.25, 0.3) is 5.91 Å². The first-order chi connectivity index (χ1) is 10.2. The van der Waals surface area contributed by atoms with Crippen molar-refractivity contribution in [1.29, 1.82) is 0 Å². The molecule has 0 fully saturated rings. The summed E-state index contributed by atoms with van der Waals surface area (Å²) < 4.78 is 0. The first-order valence-corrected chi connectivity index (χ1v) is 7.10. The van der Waals surface area contributed by atoms with Crippen LogP contribution in [-0.2, 0) is 0 Å². The number of aliphatic hydroxyl groups excluding tert-OH is 1. The highest BCUT2D eigenvalue weighted by molar-refractivity contribution is 5.97. The number of carbonyl (C=O) groups is 1. The van der Waals surface area contributed by atoms with Crippen molar-refractivity contribution in [3.8, 4) is 5.69 Å². The molecule has 0 aliphatic rings. The van der Waals surface area contributed by atoms with Crippen LogP contribution >= 0.6 is 0 Å². The van der Waals surface area contributed by atoms with E-state index >= 15 is 0 Å². The van der Waals surface area contributed by atoms with Gasteiger partial charge in [0.05, 0.1) is 29.7 Å². The highest BCUT2D eigenvalue weighted by Crippen LogP contribution is 2.15. The van der Waals surface area contributed by atoms with Crippen molar-refractivity contribution in [1.82, 2.24) is 19.9 Å². The van der Waals surface area contributed by atoms with E-state index in [1.54, 1.807) is 29.4 Å². The van der Waals surface area contributed by atoms with E-state index in [1.807, 2.05) is 26.0 Å². The Morgan fingerprint density at radius 2 is 1.95 bits per heavy atom. The number of nitrogens with zero attached hydrogens (tertiary/aromatic N) is 4. The number of hydrogen-bond acceptors (Lipinski definition) is 4. The first-order valence-electron chi connectivity index (χ1n) is 7.10. The van der Waals surface area contributed by atoms with Crippen LogP contribution in [0.1, 0.15) is 30.6 Å². The fourth-order valence-corrected chi connectivity index (χ4v) is 2.08. The van der Waals surface area contributed by atoms with Gasteiger partial charge in [0, 0.05) is 13.1 Å². The van der Waals surface area contributed by atoms with Crippen LogP contribution in [0.3, 0.4) is 0 Å². The van der Waals surface area contributed by atoms with E-state index in [0.717, 1.165) is 0 Å². The molecule has 0 saturated carbocycles. The van der Waals surface area contributed by atoms with E-state index in [1.165, 1.54) is 4.80 Å². The van der Waals surface area contributed by atoms with E-state index in [-0.39, 0.29) is 5.91 Å². The smallest absolute Gasteiger partial charge is 0.256 e. The molecule has 0 aliphatic heterocycles. The summed E-state index contributed by atoms with van der Waals surface area (Å²) in [5.41, 5.74) is 1.16. The van der Waals surface area contributed by atoms with Crippen molar-refractivity contribution in [3.63, 3.8) is 0 Å². The monoisotopic (exact) mass is 288 g/mol. The molecule has 0 aliphatic carbocycles. The maximum atomic E-state index is 12.7. The zero-order valence-electron chi connectivity index (χ0n) is 12.3. The second kappa shape index (κ2) is 6.99. The molecular formula is C15H20N4O2. The topological polar surface area (TPSA) is 71.2 Å². The second-order valence-corrected chi connectivity index (χ2v) is 4.74. The molecule has 21 heavy (non-hydrogen) atoms. The lowest BCUT2D eigenvalue weighted by Crippen LogP contribution is -2.37. The third kappa shape index (κ3) is 3.46. The fourth-order valence-electron chi connectivity index (χ4n) is 2.08. The Morgan fingerprint density at radius 3 is 2.57 bits per heavy atom. The first kappa shape index (κ1) is 15.2. The molecule has 0 bridgehead atoms. The van der Waals surface area contributed by atoms with Crippen LogP contribution in [0.25, 0.3) is 5.69 Å². The second-order valence-electron chi connectivity index (χ2n) is 4.74. The molecule has 2 aromatic rings. The van der Waals surface area contributed by atoms with Crippen molar-refractivity contribution in [2.45, 2.75) is 26.4 Å². The number of amides is 1. The van der Waals surface area contributed by atoms with Gasteiger partial charge < -0.3 is 10.0 Å². The molecule has 0 saturated heterocycles. The van der Waals surface area contributed by atoms with Crippen molar-refractivity contribution < 1.29 is 9.90 Å². The Labute approximate surface area is 124 Å². The van der Waals surface area contributed by atoms with Gasteiger partial charge >= 0.3 is 0 Å². The lowest BCUT2D eigenvalue weighted by atomic mass is 10.1. The van der Waals surface area contributed by atoms with Crippen LogP contribution < -0.4 is 0 Å². The third-order valence-corrected chi connectivity index (χ3v) is 3.34. The van der Waals surface area contributed by atoms with Crippen LogP contribution in [0.15, 0.2) is 36.7 Å². The highest BCUT2D eigenvalue weighted by Gasteiger charge is 2.20. The summed E-state index contributed by atoms with van der Waals surface area (Å²) in [6, 6.07) is 7.20. The summed E-state index contributed by atoms with van der Waals surface area (Å²) >= 11 is 0. The van der Waals surface area contributed by atoms with Crippen molar-refractivity contribution in [2.24, 2.45) is 0 Å². The molecule has 0 spiro atoms. The predicted molar refractivity (Wildman–Crippen MR) is 79.2 cm³/mol. The Bertz CT molecular complexity index is 583. The Kier molecular flexibility index (Phi) is 5.05. The lowest BCUT2D eigenvalue weighted by molar-refractivity contribution is 0.0629. The summed E-state index contributed by atoms with van der Waals surface area (Å²) in [5.74, 6) is -0.127. The average molecular weight is 288 g/mol. The van der Waals surface area contributed by atoms with E-state index in [0.29, 0.717) is 30.8 Å². The number of benzene rings is 1. The van der Waals surface area contributed by atoms with E-state index in [2.05, 4.69) is 10.2 Å². The van der Waals surface area contributed by atoms with Crippen LogP contribution in [0.5, 0.6) is 0 Å². The Balaban J connectivity index is 2.30. The molecule has 0 radical (unpaired) electrons. The van der Waals surface area contributed by atoms with E-state index < -0.39 is 6.10 Å². The van der Waals surface area contributed by atoms with Crippen LogP contribution in [0.4, 0.5) is 0 Å². The molecule has 6 nitrogen and oxygen atoms in total. The van der Waals surface area contributed by atoms with Gasteiger partial charge in [-0.15, -0.1) is 0 Å². The van der Waals surface area contributed by atoms with Gasteiger partial charge in [0.15, 0.2) is 0 Å². The zero-order valence-corrected chi connectivity index (χ0v) is 12.3. The zero-order chi connectivity index (χ0) is 15.2. The molecule has 2 rings (SSSR count). The normalized spacial score (nSPS) is 12.1. The number of aliphatic hydroxyl groups is 1. The Morgan fingerprint density at radius 1 is 1.29 bits per heavy atom. The summed E-state index contributed by atoms with van der Waals surface area (Å²) in [6.07, 6.45) is 3.25. The van der Waals surface area contributed by atoms with Crippen molar-refractivity contribution in [2.75, 3.05) is 13.1 Å². The minimum atomic E-state index is -0.510. The van der Waals surface area contributed by atoms with Gasteiger partial charge in [-0.1, -0.05) is 19.1 Å². The maximum absolute atomic E-state index is 12.7.